The number of hydrogen-bond acceptors (Lipinski definition) is 0. The van der Waals surface area contributed by atoms with Gasteiger partial charge < -0.3 is 0 Å². The van der Waals surface area contributed by atoms with Crippen molar-refractivity contribution in [3.8, 4) is 0 Å². The third-order valence-electron chi connectivity index (χ3n) is 7.01. The third-order valence-corrected chi connectivity index (χ3v) is 21.5. The van der Waals surface area contributed by atoms with E-state index in [2.05, 4.69) is 98.8 Å². The monoisotopic (exact) mass is 516 g/mol. The number of rotatable bonds is 10. The Balaban J connectivity index is 1.78. The summed E-state index contributed by atoms with van der Waals surface area (Å²) in [6.45, 7) is 4.73. The first-order chi connectivity index (χ1) is 15.2. The van der Waals surface area contributed by atoms with Gasteiger partial charge in [-0.3, -0.25) is 0 Å². The van der Waals surface area contributed by atoms with Gasteiger partial charge in [0.25, 0.3) is 0 Å². The van der Waals surface area contributed by atoms with E-state index in [-0.39, 0.29) is 0 Å². The quantitative estimate of drug-likeness (QED) is 0.185. The van der Waals surface area contributed by atoms with E-state index in [0.29, 0.717) is 0 Å². The Labute approximate surface area is 192 Å². The van der Waals surface area contributed by atoms with Crippen LogP contribution in [0.5, 0.6) is 0 Å². The zero-order chi connectivity index (χ0) is 21.5. The average Bonchev–Trinajstić information content (AvgIpc) is 2.82. The zero-order valence-electron chi connectivity index (χ0n) is 19.2. The van der Waals surface area contributed by atoms with E-state index in [1.807, 2.05) is 0 Å². The van der Waals surface area contributed by atoms with E-state index in [0.717, 1.165) is 0 Å². The molecule has 0 atom stereocenters. The van der Waals surface area contributed by atoms with Crippen molar-refractivity contribution in [2.45, 2.75) is 57.3 Å². The molecule has 1 heteroatoms. The molecule has 0 aliphatic rings. The van der Waals surface area contributed by atoms with Gasteiger partial charge in [-0.1, -0.05) is 0 Å². The second-order valence-corrected chi connectivity index (χ2v) is 22.8. The van der Waals surface area contributed by atoms with Crippen LogP contribution >= 0.6 is 0 Å². The number of hydrogen-bond donors (Lipinski definition) is 0. The first kappa shape index (κ1) is 22.4. The molecular weight excluding hydrogens is 479 g/mol. The molecule has 0 unspecified atom stereocenters. The summed E-state index contributed by atoms with van der Waals surface area (Å²) in [6.07, 6.45) is 5.43. The second-order valence-electron chi connectivity index (χ2n) is 9.34. The van der Waals surface area contributed by atoms with Gasteiger partial charge in [-0.2, -0.15) is 0 Å². The van der Waals surface area contributed by atoms with Crippen LogP contribution in [0.15, 0.2) is 84.9 Å². The molecule has 0 spiro atoms. The van der Waals surface area contributed by atoms with Crippen molar-refractivity contribution in [2.75, 3.05) is 0 Å². The molecule has 0 nitrogen and oxygen atoms in total. The fourth-order valence-electron chi connectivity index (χ4n) is 5.35. The molecule has 0 saturated heterocycles. The molecule has 0 bridgehead atoms. The van der Waals surface area contributed by atoms with Crippen LogP contribution in [0.4, 0.5) is 0 Å². The van der Waals surface area contributed by atoms with Crippen LogP contribution in [0.25, 0.3) is 21.5 Å². The molecule has 4 aromatic rings. The van der Waals surface area contributed by atoms with Crippen molar-refractivity contribution in [1.29, 1.82) is 0 Å². The van der Waals surface area contributed by atoms with Crippen molar-refractivity contribution in [3.63, 3.8) is 0 Å². The normalized spacial score (nSPS) is 11.9. The second kappa shape index (κ2) is 10.7. The number of benzene rings is 4. The topological polar surface area (TPSA) is 0 Å². The molecule has 31 heavy (non-hydrogen) atoms. The van der Waals surface area contributed by atoms with E-state index in [1.54, 1.807) is 11.1 Å². The Kier molecular flexibility index (Phi) is 7.71. The molecule has 0 fully saturated rings. The fraction of sp³-hybridized carbons (Fsp3) is 0.333. The number of unbranched alkanes of at least 4 members (excludes halogenated alkanes) is 2. The van der Waals surface area contributed by atoms with Gasteiger partial charge in [-0.15, -0.1) is 0 Å². The molecule has 0 N–H and O–H groups in total. The molecule has 0 aliphatic heterocycles. The molecule has 4 rings (SSSR count). The molecule has 0 saturated carbocycles. The Morgan fingerprint density at radius 1 is 0.516 bits per heavy atom. The average molecular weight is 515 g/mol. The summed E-state index contributed by atoms with van der Waals surface area (Å²) in [6, 6.07) is 32.0. The van der Waals surface area contributed by atoms with E-state index in [1.165, 1.54) is 65.0 Å². The van der Waals surface area contributed by atoms with Gasteiger partial charge in [-0.25, -0.2) is 0 Å². The van der Waals surface area contributed by atoms with Crippen LogP contribution in [0, 0.1) is 0 Å². The number of fused-ring (bicyclic) bond motifs is 2. The Morgan fingerprint density at radius 2 is 0.935 bits per heavy atom. The standard InChI is InChI=1S/2C11H9.2C4H9.Sn/c2*1-9-5-4-7-10-6-2-3-8-11(9)10;2*1-3-4-2;/h2*2-8H,1H2;2*1,3-4H2,2H3;. The van der Waals surface area contributed by atoms with Gasteiger partial charge in [0.05, 0.1) is 0 Å². The summed E-state index contributed by atoms with van der Waals surface area (Å²) >= 11 is -2.51. The van der Waals surface area contributed by atoms with Crippen LogP contribution in [0.2, 0.25) is 8.87 Å². The van der Waals surface area contributed by atoms with Crippen molar-refractivity contribution in [1.82, 2.24) is 0 Å². The molecule has 4 aromatic carbocycles. The summed E-state index contributed by atoms with van der Waals surface area (Å²) < 4.78 is 5.77. The van der Waals surface area contributed by atoms with Crippen LogP contribution < -0.4 is 0 Å². The predicted molar refractivity (Wildman–Crippen MR) is 140 cm³/mol. The maximum absolute atomic E-state index is 2.51. The Morgan fingerprint density at radius 3 is 1.39 bits per heavy atom. The first-order valence-electron chi connectivity index (χ1n) is 12.2. The molecular formula is C30H36Sn. The summed E-state index contributed by atoms with van der Waals surface area (Å²) in [5.41, 5.74) is 3.22. The maximum atomic E-state index is 2.43. The van der Waals surface area contributed by atoms with E-state index >= 15 is 0 Å². The SMILES string of the molecule is CCC[CH2][Sn]([CH2]CCC)([CH2]c1cccc2ccccc12)[CH2]c1cccc2ccccc12. The molecule has 0 aliphatic carbocycles. The van der Waals surface area contributed by atoms with Crippen LogP contribution in [0.3, 0.4) is 0 Å². The van der Waals surface area contributed by atoms with Gasteiger partial charge in [0, 0.05) is 0 Å². The van der Waals surface area contributed by atoms with Gasteiger partial charge in [-0.05, 0) is 0 Å². The molecule has 0 radical (unpaired) electrons. The first-order valence-corrected chi connectivity index (χ1v) is 20.3. The van der Waals surface area contributed by atoms with Crippen molar-refractivity contribution in [3.05, 3.63) is 96.1 Å². The minimum atomic E-state index is -2.51. The molecule has 0 heterocycles. The minimum absolute atomic E-state index is 1.32. The van der Waals surface area contributed by atoms with E-state index in [9.17, 15) is 0 Å². The van der Waals surface area contributed by atoms with Crippen molar-refractivity contribution >= 4 is 39.9 Å². The van der Waals surface area contributed by atoms with E-state index < -0.39 is 18.4 Å². The van der Waals surface area contributed by atoms with Crippen molar-refractivity contribution < 1.29 is 0 Å². The fourth-order valence-corrected chi connectivity index (χ4v) is 21.1. The van der Waals surface area contributed by atoms with Gasteiger partial charge in [0.1, 0.15) is 0 Å². The van der Waals surface area contributed by atoms with Crippen LogP contribution in [0.1, 0.15) is 50.7 Å². The van der Waals surface area contributed by atoms with Crippen molar-refractivity contribution in [2.24, 2.45) is 0 Å². The van der Waals surface area contributed by atoms with E-state index in [4.69, 9.17) is 0 Å². The third kappa shape index (κ3) is 5.34. The summed E-state index contributed by atoms with van der Waals surface area (Å²) in [5, 5.41) is 5.77. The Hall–Kier alpha value is -1.80. The summed E-state index contributed by atoms with van der Waals surface area (Å²) in [7, 11) is 0. The predicted octanol–water partition coefficient (Wildman–Crippen LogP) is 8.91. The summed E-state index contributed by atoms with van der Waals surface area (Å²) in [4.78, 5) is 0. The van der Waals surface area contributed by atoms with Gasteiger partial charge in [0.15, 0.2) is 0 Å². The Bertz CT molecular complexity index is 1030. The molecule has 160 valence electrons. The molecule has 0 amide bonds. The molecule has 0 aromatic heterocycles. The van der Waals surface area contributed by atoms with Crippen LogP contribution in [-0.2, 0) is 8.87 Å². The summed E-state index contributed by atoms with van der Waals surface area (Å²) in [5.74, 6) is 0. The van der Waals surface area contributed by atoms with Gasteiger partial charge in [0.2, 0.25) is 0 Å². The van der Waals surface area contributed by atoms with Crippen LogP contribution in [-0.4, -0.2) is 18.4 Å². The van der Waals surface area contributed by atoms with Gasteiger partial charge >= 0.3 is 193 Å². The zero-order valence-corrected chi connectivity index (χ0v) is 22.1.